The zero-order valence-corrected chi connectivity index (χ0v) is 9.28. The fourth-order valence-electron chi connectivity index (χ4n) is 1.80. The summed E-state index contributed by atoms with van der Waals surface area (Å²) >= 11 is 3.41. The summed E-state index contributed by atoms with van der Waals surface area (Å²) in [5.41, 5.74) is 1.65. The van der Waals surface area contributed by atoms with E-state index >= 15 is 0 Å². The van der Waals surface area contributed by atoms with Gasteiger partial charge in [0.1, 0.15) is 5.52 Å². The van der Waals surface area contributed by atoms with Crippen LogP contribution in [-0.2, 0) is 0 Å². The smallest absolute Gasteiger partial charge is 0.272 e. The van der Waals surface area contributed by atoms with E-state index in [1.807, 2.05) is 34.9 Å². The van der Waals surface area contributed by atoms with Crippen molar-refractivity contribution in [3.8, 4) is 0 Å². The maximum absolute atomic E-state index is 11.5. The van der Waals surface area contributed by atoms with Crippen LogP contribution in [0.1, 0.15) is 0 Å². The Morgan fingerprint density at radius 3 is 2.93 bits per heavy atom. The van der Waals surface area contributed by atoms with E-state index in [4.69, 9.17) is 0 Å². The Kier molecular flexibility index (Phi) is 1.73. The second-order valence-electron chi connectivity index (χ2n) is 3.39. The molecule has 0 aliphatic heterocycles. The average Bonchev–Trinajstić information content (AvgIpc) is 2.57. The lowest BCUT2D eigenvalue weighted by Crippen LogP contribution is -2.06. The molecule has 1 N–H and O–H groups in total. The Bertz CT molecular complexity index is 711. The van der Waals surface area contributed by atoms with Crippen LogP contribution >= 0.6 is 15.9 Å². The number of H-pyrrole nitrogens is 1. The molecule has 0 unspecified atom stereocenters. The Hall–Kier alpha value is -1.55. The first kappa shape index (κ1) is 8.73. The lowest BCUT2D eigenvalue weighted by atomic mass is 10.2. The Balaban J connectivity index is 2.63. The van der Waals surface area contributed by atoms with Crippen LogP contribution in [0, 0.1) is 0 Å². The third kappa shape index (κ3) is 1.22. The molecule has 0 saturated carbocycles. The molecule has 3 rings (SSSR count). The second-order valence-corrected chi connectivity index (χ2v) is 4.31. The van der Waals surface area contributed by atoms with Gasteiger partial charge in [0.05, 0.1) is 5.52 Å². The molecule has 0 radical (unpaired) electrons. The molecule has 0 amide bonds. The molecule has 0 bridgehead atoms. The summed E-state index contributed by atoms with van der Waals surface area (Å²) in [5.74, 6) is 0. The molecule has 74 valence electrons. The van der Waals surface area contributed by atoms with Gasteiger partial charge in [0.25, 0.3) is 5.56 Å². The molecule has 3 aromatic rings. The van der Waals surface area contributed by atoms with Crippen molar-refractivity contribution >= 4 is 32.3 Å². The lowest BCUT2D eigenvalue weighted by Gasteiger charge is -1.95. The van der Waals surface area contributed by atoms with Crippen molar-refractivity contribution in [1.82, 2.24) is 9.38 Å². The number of benzene rings is 1. The minimum Gasteiger partial charge on any atom is -0.326 e. The number of fused-ring (bicyclic) bond motifs is 3. The molecular formula is C11H7BrN2O. The highest BCUT2D eigenvalue weighted by Crippen LogP contribution is 2.21. The topological polar surface area (TPSA) is 37.3 Å². The fourth-order valence-corrected chi connectivity index (χ4v) is 2.18. The first-order valence-electron chi connectivity index (χ1n) is 4.54. The summed E-state index contributed by atoms with van der Waals surface area (Å²) < 4.78 is 2.91. The second kappa shape index (κ2) is 2.97. The SMILES string of the molecule is O=c1[nH]ccn2c1cc1cc(Br)ccc12. The van der Waals surface area contributed by atoms with E-state index < -0.39 is 0 Å². The zero-order valence-electron chi connectivity index (χ0n) is 7.70. The summed E-state index contributed by atoms with van der Waals surface area (Å²) in [6.07, 6.45) is 3.50. The quantitative estimate of drug-likeness (QED) is 0.665. The number of hydrogen-bond acceptors (Lipinski definition) is 1. The first-order chi connectivity index (χ1) is 7.25. The van der Waals surface area contributed by atoms with Crippen molar-refractivity contribution in [3.05, 3.63) is 51.5 Å². The summed E-state index contributed by atoms with van der Waals surface area (Å²) in [7, 11) is 0. The van der Waals surface area contributed by atoms with Crippen molar-refractivity contribution in [2.24, 2.45) is 0 Å². The van der Waals surface area contributed by atoms with Crippen LogP contribution in [0.3, 0.4) is 0 Å². The molecule has 0 saturated heterocycles. The number of aromatic nitrogens is 2. The normalized spacial score (nSPS) is 11.3. The molecule has 2 aromatic heterocycles. The van der Waals surface area contributed by atoms with Gasteiger partial charge in [-0.25, -0.2) is 0 Å². The van der Waals surface area contributed by atoms with E-state index in [1.54, 1.807) is 6.20 Å². The zero-order chi connectivity index (χ0) is 10.4. The van der Waals surface area contributed by atoms with E-state index in [0.29, 0.717) is 5.52 Å². The molecule has 0 atom stereocenters. The third-order valence-corrected chi connectivity index (χ3v) is 2.96. The molecule has 3 nitrogen and oxygen atoms in total. The van der Waals surface area contributed by atoms with Gasteiger partial charge in [-0.3, -0.25) is 4.79 Å². The lowest BCUT2D eigenvalue weighted by molar-refractivity contribution is 1.13. The van der Waals surface area contributed by atoms with Crippen LogP contribution in [0.25, 0.3) is 16.4 Å². The van der Waals surface area contributed by atoms with Gasteiger partial charge in [0, 0.05) is 22.3 Å². The summed E-state index contributed by atoms with van der Waals surface area (Å²) in [6.45, 7) is 0. The van der Waals surface area contributed by atoms with Crippen LogP contribution in [0.4, 0.5) is 0 Å². The largest absolute Gasteiger partial charge is 0.326 e. The van der Waals surface area contributed by atoms with Gasteiger partial charge in [-0.05, 0) is 24.3 Å². The third-order valence-electron chi connectivity index (χ3n) is 2.47. The predicted molar refractivity (Wildman–Crippen MR) is 63.2 cm³/mol. The Morgan fingerprint density at radius 1 is 1.20 bits per heavy atom. The van der Waals surface area contributed by atoms with Crippen molar-refractivity contribution in [2.75, 3.05) is 0 Å². The minimum atomic E-state index is -0.0650. The van der Waals surface area contributed by atoms with Crippen LogP contribution in [-0.4, -0.2) is 9.38 Å². The monoisotopic (exact) mass is 262 g/mol. The van der Waals surface area contributed by atoms with Gasteiger partial charge >= 0.3 is 0 Å². The first-order valence-corrected chi connectivity index (χ1v) is 5.33. The van der Waals surface area contributed by atoms with Gasteiger partial charge in [-0.15, -0.1) is 0 Å². The highest BCUT2D eigenvalue weighted by molar-refractivity contribution is 9.10. The number of aromatic amines is 1. The summed E-state index contributed by atoms with van der Waals surface area (Å²) in [6, 6.07) is 7.85. The maximum Gasteiger partial charge on any atom is 0.272 e. The van der Waals surface area contributed by atoms with Gasteiger partial charge in [0.2, 0.25) is 0 Å². The standard InChI is InChI=1S/C11H7BrN2O/c12-8-1-2-9-7(5-8)6-10-11(15)13-3-4-14(9)10/h1-6H,(H,13,15). The van der Waals surface area contributed by atoms with Gasteiger partial charge < -0.3 is 9.38 Å². The van der Waals surface area contributed by atoms with Crippen LogP contribution in [0.2, 0.25) is 0 Å². The molecule has 2 heterocycles. The minimum absolute atomic E-state index is 0.0650. The molecule has 0 fully saturated rings. The molecule has 15 heavy (non-hydrogen) atoms. The summed E-state index contributed by atoms with van der Waals surface area (Å²) in [5, 5.41) is 1.06. The molecular weight excluding hydrogens is 256 g/mol. The Labute approximate surface area is 93.5 Å². The van der Waals surface area contributed by atoms with Crippen LogP contribution < -0.4 is 5.56 Å². The van der Waals surface area contributed by atoms with Gasteiger partial charge in [-0.2, -0.15) is 0 Å². The maximum atomic E-state index is 11.5. The van der Waals surface area contributed by atoms with E-state index in [2.05, 4.69) is 20.9 Å². The number of hydrogen-bond donors (Lipinski definition) is 1. The van der Waals surface area contributed by atoms with E-state index in [-0.39, 0.29) is 5.56 Å². The van der Waals surface area contributed by atoms with Crippen molar-refractivity contribution in [1.29, 1.82) is 0 Å². The van der Waals surface area contributed by atoms with E-state index in [9.17, 15) is 4.79 Å². The highest BCUT2D eigenvalue weighted by atomic mass is 79.9. The molecule has 0 aliphatic rings. The molecule has 4 heteroatoms. The van der Waals surface area contributed by atoms with Crippen molar-refractivity contribution in [3.63, 3.8) is 0 Å². The summed E-state index contributed by atoms with van der Waals surface area (Å²) in [4.78, 5) is 14.2. The fraction of sp³-hybridized carbons (Fsp3) is 0. The van der Waals surface area contributed by atoms with Crippen LogP contribution in [0.5, 0.6) is 0 Å². The number of halogens is 1. The van der Waals surface area contributed by atoms with Gasteiger partial charge in [0.15, 0.2) is 0 Å². The van der Waals surface area contributed by atoms with Crippen LogP contribution in [0.15, 0.2) is 45.9 Å². The number of nitrogens with one attached hydrogen (secondary N) is 1. The molecule has 0 aliphatic carbocycles. The Morgan fingerprint density at radius 2 is 2.07 bits per heavy atom. The number of rotatable bonds is 0. The van der Waals surface area contributed by atoms with Crippen molar-refractivity contribution < 1.29 is 0 Å². The molecule has 1 aromatic carbocycles. The van der Waals surface area contributed by atoms with E-state index in [1.165, 1.54) is 0 Å². The number of nitrogens with zero attached hydrogens (tertiary/aromatic N) is 1. The highest BCUT2D eigenvalue weighted by Gasteiger charge is 2.04. The average molecular weight is 263 g/mol. The predicted octanol–water partition coefficient (Wildman–Crippen LogP) is 2.54. The van der Waals surface area contributed by atoms with Gasteiger partial charge in [-0.1, -0.05) is 15.9 Å². The van der Waals surface area contributed by atoms with E-state index in [0.717, 1.165) is 15.4 Å². The molecule has 0 spiro atoms. The van der Waals surface area contributed by atoms with Crippen molar-refractivity contribution in [2.45, 2.75) is 0 Å².